The van der Waals surface area contributed by atoms with Crippen LogP contribution in [0.25, 0.3) is 0 Å². The summed E-state index contributed by atoms with van der Waals surface area (Å²) >= 11 is 0. The highest BCUT2D eigenvalue weighted by Gasteiger charge is 2.24. The first-order valence-electron chi connectivity index (χ1n) is 10.5. The summed E-state index contributed by atoms with van der Waals surface area (Å²) in [6.45, 7) is 3.65. The van der Waals surface area contributed by atoms with Crippen molar-refractivity contribution in [1.29, 1.82) is 0 Å². The van der Waals surface area contributed by atoms with Gasteiger partial charge in [-0.05, 0) is 62.3 Å². The lowest BCUT2D eigenvalue weighted by molar-refractivity contribution is 0.0587. The fourth-order valence-electron chi connectivity index (χ4n) is 4.07. The fourth-order valence-corrected chi connectivity index (χ4v) is 4.07. The smallest absolute Gasteiger partial charge is 0.410 e. The summed E-state index contributed by atoms with van der Waals surface area (Å²) < 4.78 is 11.4. The monoisotopic (exact) mass is 374 g/mol. The summed E-state index contributed by atoms with van der Waals surface area (Å²) in [6.07, 6.45) is 7.71. The molecule has 2 N–H and O–H groups in total. The quantitative estimate of drug-likeness (QED) is 0.734. The average molecular weight is 375 g/mol. The van der Waals surface area contributed by atoms with Crippen LogP contribution in [-0.2, 0) is 16.1 Å². The molecule has 1 aromatic carbocycles. The molecule has 0 aromatic heterocycles. The number of nitrogens with zero attached hydrogens (tertiary/aromatic N) is 1. The first-order chi connectivity index (χ1) is 13.2. The number of hydrogen-bond acceptors (Lipinski definition) is 4. The van der Waals surface area contributed by atoms with E-state index in [1.807, 2.05) is 35.2 Å². The molecule has 27 heavy (non-hydrogen) atoms. The molecule has 0 radical (unpaired) electrons. The van der Waals surface area contributed by atoms with Gasteiger partial charge >= 0.3 is 6.09 Å². The van der Waals surface area contributed by atoms with Crippen LogP contribution in [-0.4, -0.2) is 43.3 Å². The number of piperidine rings is 1. The van der Waals surface area contributed by atoms with Crippen molar-refractivity contribution in [3.8, 4) is 0 Å². The zero-order valence-corrected chi connectivity index (χ0v) is 16.4. The van der Waals surface area contributed by atoms with Gasteiger partial charge in [0.25, 0.3) is 0 Å². The van der Waals surface area contributed by atoms with E-state index in [1.165, 1.54) is 12.8 Å². The van der Waals surface area contributed by atoms with Crippen LogP contribution < -0.4 is 5.73 Å². The molecule has 1 saturated heterocycles. The lowest BCUT2D eigenvalue weighted by atomic mass is 9.87. The van der Waals surface area contributed by atoms with Crippen LogP contribution in [0.5, 0.6) is 0 Å². The molecule has 1 amide bonds. The molecule has 1 heterocycles. The van der Waals surface area contributed by atoms with Gasteiger partial charge in [-0.2, -0.15) is 0 Å². The fraction of sp³-hybridized carbons (Fsp3) is 0.682. The molecule has 150 valence electrons. The molecule has 0 bridgehead atoms. The Morgan fingerprint density at radius 1 is 1.00 bits per heavy atom. The number of benzene rings is 1. The lowest BCUT2D eigenvalue weighted by Gasteiger charge is -2.31. The van der Waals surface area contributed by atoms with Gasteiger partial charge in [-0.3, -0.25) is 0 Å². The van der Waals surface area contributed by atoms with E-state index >= 15 is 0 Å². The lowest BCUT2D eigenvalue weighted by Crippen LogP contribution is -2.39. The van der Waals surface area contributed by atoms with Crippen molar-refractivity contribution in [2.24, 2.45) is 17.6 Å². The van der Waals surface area contributed by atoms with Crippen molar-refractivity contribution >= 4 is 6.09 Å². The Morgan fingerprint density at radius 2 is 1.70 bits per heavy atom. The van der Waals surface area contributed by atoms with Gasteiger partial charge in [0, 0.05) is 32.3 Å². The van der Waals surface area contributed by atoms with Crippen LogP contribution in [0.2, 0.25) is 0 Å². The van der Waals surface area contributed by atoms with E-state index in [9.17, 15) is 4.79 Å². The minimum absolute atomic E-state index is 0.191. The maximum absolute atomic E-state index is 12.2. The highest BCUT2D eigenvalue weighted by molar-refractivity contribution is 5.67. The SMILES string of the molecule is NC1CCC(COCCC2CCN(C(=O)OCc3ccccc3)CC2)CC1. The average Bonchev–Trinajstić information content (AvgIpc) is 2.72. The number of amides is 1. The number of rotatable bonds is 7. The Hall–Kier alpha value is -1.59. The second-order valence-corrected chi connectivity index (χ2v) is 8.12. The van der Waals surface area contributed by atoms with Gasteiger partial charge < -0.3 is 20.1 Å². The summed E-state index contributed by atoms with van der Waals surface area (Å²) in [7, 11) is 0. The van der Waals surface area contributed by atoms with Gasteiger partial charge in [-0.25, -0.2) is 4.79 Å². The summed E-state index contributed by atoms with van der Waals surface area (Å²) in [6, 6.07) is 10.2. The van der Waals surface area contributed by atoms with E-state index in [1.54, 1.807) is 0 Å². The maximum Gasteiger partial charge on any atom is 0.410 e. The largest absolute Gasteiger partial charge is 0.445 e. The molecule has 1 aromatic rings. The van der Waals surface area contributed by atoms with Crippen LogP contribution in [0.4, 0.5) is 4.79 Å². The van der Waals surface area contributed by atoms with E-state index in [0.29, 0.717) is 24.5 Å². The van der Waals surface area contributed by atoms with Crippen LogP contribution in [0.3, 0.4) is 0 Å². The van der Waals surface area contributed by atoms with Gasteiger partial charge in [0.15, 0.2) is 0 Å². The van der Waals surface area contributed by atoms with Gasteiger partial charge in [0.2, 0.25) is 0 Å². The number of carbonyl (C=O) groups is 1. The van der Waals surface area contributed by atoms with E-state index in [0.717, 1.165) is 64.0 Å². The number of nitrogens with two attached hydrogens (primary N) is 1. The predicted molar refractivity (Wildman–Crippen MR) is 106 cm³/mol. The number of likely N-dealkylation sites (tertiary alicyclic amines) is 1. The Kier molecular flexibility index (Phi) is 7.96. The number of carbonyl (C=O) groups excluding carboxylic acids is 1. The van der Waals surface area contributed by atoms with E-state index in [4.69, 9.17) is 15.2 Å². The molecule has 1 saturated carbocycles. The van der Waals surface area contributed by atoms with Crippen molar-refractivity contribution in [1.82, 2.24) is 4.90 Å². The standard InChI is InChI=1S/C22H34N2O3/c23-21-8-6-20(7-9-21)16-26-15-12-18-10-13-24(14-11-18)22(25)27-17-19-4-2-1-3-5-19/h1-5,18,20-21H,6-17,23H2. The van der Waals surface area contributed by atoms with E-state index in [2.05, 4.69) is 0 Å². The zero-order chi connectivity index (χ0) is 18.9. The first kappa shape index (κ1) is 20.2. The van der Waals surface area contributed by atoms with Crippen molar-refractivity contribution < 1.29 is 14.3 Å². The van der Waals surface area contributed by atoms with Crippen LogP contribution in [0.15, 0.2) is 30.3 Å². The van der Waals surface area contributed by atoms with E-state index < -0.39 is 0 Å². The predicted octanol–water partition coefficient (Wildman–Crippen LogP) is 3.96. The summed E-state index contributed by atoms with van der Waals surface area (Å²) in [5.41, 5.74) is 6.98. The zero-order valence-electron chi connectivity index (χ0n) is 16.4. The first-order valence-corrected chi connectivity index (χ1v) is 10.5. The Bertz CT molecular complexity index is 550. The molecule has 0 atom stereocenters. The third kappa shape index (κ3) is 6.82. The van der Waals surface area contributed by atoms with E-state index in [-0.39, 0.29) is 6.09 Å². The summed E-state index contributed by atoms with van der Waals surface area (Å²) in [5.74, 6) is 1.36. The molecule has 2 aliphatic rings. The molecule has 0 spiro atoms. The molecule has 5 nitrogen and oxygen atoms in total. The molecule has 1 aliphatic carbocycles. The molecule has 5 heteroatoms. The van der Waals surface area contributed by atoms with Crippen LogP contribution in [0, 0.1) is 11.8 Å². The number of ether oxygens (including phenoxy) is 2. The Labute approximate surface area is 163 Å². The van der Waals surface area contributed by atoms with Crippen LogP contribution in [0.1, 0.15) is 50.5 Å². The third-order valence-corrected chi connectivity index (χ3v) is 5.99. The normalized spacial score (nSPS) is 24.0. The maximum atomic E-state index is 12.2. The molecular weight excluding hydrogens is 340 g/mol. The summed E-state index contributed by atoms with van der Waals surface area (Å²) in [5, 5.41) is 0. The minimum Gasteiger partial charge on any atom is -0.445 e. The molecule has 0 unspecified atom stereocenters. The summed E-state index contributed by atoms with van der Waals surface area (Å²) in [4.78, 5) is 14.0. The Morgan fingerprint density at radius 3 is 2.41 bits per heavy atom. The second kappa shape index (κ2) is 10.7. The van der Waals surface area contributed by atoms with Gasteiger partial charge in [-0.15, -0.1) is 0 Å². The second-order valence-electron chi connectivity index (χ2n) is 8.12. The molecule has 1 aliphatic heterocycles. The van der Waals surface area contributed by atoms with Crippen molar-refractivity contribution in [2.75, 3.05) is 26.3 Å². The van der Waals surface area contributed by atoms with Gasteiger partial charge in [-0.1, -0.05) is 30.3 Å². The molecule has 3 rings (SSSR count). The number of hydrogen-bond donors (Lipinski definition) is 1. The Balaban J connectivity index is 1.25. The van der Waals surface area contributed by atoms with Gasteiger partial charge in [0.05, 0.1) is 0 Å². The van der Waals surface area contributed by atoms with Crippen LogP contribution >= 0.6 is 0 Å². The third-order valence-electron chi connectivity index (χ3n) is 5.99. The van der Waals surface area contributed by atoms with Crippen molar-refractivity contribution in [3.63, 3.8) is 0 Å². The highest BCUT2D eigenvalue weighted by Crippen LogP contribution is 2.24. The minimum atomic E-state index is -0.191. The topological polar surface area (TPSA) is 64.8 Å². The molecule has 2 fully saturated rings. The van der Waals surface area contributed by atoms with Crippen molar-refractivity contribution in [2.45, 2.75) is 57.6 Å². The van der Waals surface area contributed by atoms with Crippen molar-refractivity contribution in [3.05, 3.63) is 35.9 Å². The van der Waals surface area contributed by atoms with Gasteiger partial charge in [0.1, 0.15) is 6.61 Å². The molecular formula is C22H34N2O3. The highest BCUT2D eigenvalue weighted by atomic mass is 16.6.